The summed E-state index contributed by atoms with van der Waals surface area (Å²) in [7, 11) is 0. The Labute approximate surface area is 147 Å². The van der Waals surface area contributed by atoms with Gasteiger partial charge in [0.15, 0.2) is 5.78 Å². The van der Waals surface area contributed by atoms with E-state index in [2.05, 4.69) is 34.9 Å². The molecule has 0 unspecified atom stereocenters. The lowest BCUT2D eigenvalue weighted by molar-refractivity contribution is 0.0911. The highest BCUT2D eigenvalue weighted by molar-refractivity contribution is 6.02. The smallest absolute Gasteiger partial charge is 0.165 e. The Morgan fingerprint density at radius 3 is 2.60 bits per heavy atom. The Morgan fingerprint density at radius 1 is 1.08 bits per heavy atom. The first-order valence-corrected chi connectivity index (χ1v) is 8.60. The first kappa shape index (κ1) is 15.8. The van der Waals surface area contributed by atoms with Crippen LogP contribution in [-0.2, 0) is 12.8 Å². The highest BCUT2D eigenvalue weighted by Crippen LogP contribution is 2.40. The number of Topliss-reactive ketones (excluding diaryl/α,β-unsaturated/α-hetero) is 1. The molecular weight excluding hydrogens is 310 g/mol. The molecule has 4 heteroatoms. The molecule has 0 saturated carbocycles. The summed E-state index contributed by atoms with van der Waals surface area (Å²) < 4.78 is 0. The quantitative estimate of drug-likeness (QED) is 0.782. The van der Waals surface area contributed by atoms with Crippen LogP contribution in [0.15, 0.2) is 49.1 Å². The Kier molecular flexibility index (Phi) is 3.75. The number of H-pyrrole nitrogens is 1. The summed E-state index contributed by atoms with van der Waals surface area (Å²) in [6, 6.07) is 7.96. The van der Waals surface area contributed by atoms with E-state index in [1.807, 2.05) is 24.4 Å². The van der Waals surface area contributed by atoms with E-state index in [1.165, 1.54) is 0 Å². The van der Waals surface area contributed by atoms with E-state index in [4.69, 9.17) is 0 Å². The van der Waals surface area contributed by atoms with Crippen molar-refractivity contribution < 1.29 is 4.79 Å². The van der Waals surface area contributed by atoms with Gasteiger partial charge in [-0.1, -0.05) is 19.9 Å². The second-order valence-corrected chi connectivity index (χ2v) is 7.55. The van der Waals surface area contributed by atoms with Crippen LogP contribution in [0.4, 0.5) is 0 Å². The second kappa shape index (κ2) is 5.96. The first-order valence-electron chi connectivity index (χ1n) is 8.60. The third kappa shape index (κ3) is 3.00. The third-order valence-electron chi connectivity index (χ3n) is 4.83. The number of pyridine rings is 2. The van der Waals surface area contributed by atoms with Gasteiger partial charge in [0.05, 0.1) is 5.69 Å². The lowest BCUT2D eigenvalue weighted by atomic mass is 9.75. The zero-order valence-corrected chi connectivity index (χ0v) is 14.5. The highest BCUT2D eigenvalue weighted by atomic mass is 16.1. The van der Waals surface area contributed by atoms with Crippen LogP contribution in [0.2, 0.25) is 0 Å². The molecule has 0 atom stereocenters. The molecule has 0 amide bonds. The molecule has 0 fully saturated rings. The predicted molar refractivity (Wildman–Crippen MR) is 97.5 cm³/mol. The van der Waals surface area contributed by atoms with E-state index in [0.717, 1.165) is 40.1 Å². The predicted octanol–water partition coefficient (Wildman–Crippen LogP) is 4.22. The third-order valence-corrected chi connectivity index (χ3v) is 4.83. The van der Waals surface area contributed by atoms with E-state index >= 15 is 0 Å². The summed E-state index contributed by atoms with van der Waals surface area (Å²) in [6.07, 6.45) is 9.39. The number of hydrogen-bond donors (Lipinski definition) is 1. The molecule has 4 nitrogen and oxygen atoms in total. The maximum Gasteiger partial charge on any atom is 0.165 e. The molecular formula is C21H21N3O. The van der Waals surface area contributed by atoms with Crippen LogP contribution in [0.1, 0.15) is 47.4 Å². The van der Waals surface area contributed by atoms with Crippen molar-refractivity contribution in [3.05, 3.63) is 71.4 Å². The van der Waals surface area contributed by atoms with Crippen LogP contribution in [0.5, 0.6) is 0 Å². The van der Waals surface area contributed by atoms with Crippen molar-refractivity contribution in [3.8, 4) is 11.3 Å². The van der Waals surface area contributed by atoms with Crippen molar-refractivity contribution in [1.82, 2.24) is 15.0 Å². The molecule has 1 aliphatic rings. The monoisotopic (exact) mass is 331 g/mol. The summed E-state index contributed by atoms with van der Waals surface area (Å²) in [4.78, 5) is 24.8. The number of carbonyl (C=O) groups excluding carboxylic acids is 1. The van der Waals surface area contributed by atoms with E-state index in [0.29, 0.717) is 12.8 Å². The summed E-state index contributed by atoms with van der Waals surface area (Å²) in [5.41, 5.74) is 6.22. The molecule has 0 spiro atoms. The summed E-state index contributed by atoms with van der Waals surface area (Å²) in [6.45, 7) is 4.31. The Balaban J connectivity index is 1.88. The maximum atomic E-state index is 12.9. The SMILES string of the molecule is CC1(C)CC(=O)c2c([nH]c(-c3ccncc3)c2Cc2cccnc2)C1. The van der Waals surface area contributed by atoms with E-state index < -0.39 is 0 Å². The van der Waals surface area contributed by atoms with Crippen molar-refractivity contribution in [2.24, 2.45) is 5.41 Å². The minimum atomic E-state index is -0.00395. The average Bonchev–Trinajstić information content (AvgIpc) is 2.93. The minimum absolute atomic E-state index is 0.00395. The molecule has 126 valence electrons. The van der Waals surface area contributed by atoms with Crippen LogP contribution < -0.4 is 0 Å². The summed E-state index contributed by atoms with van der Waals surface area (Å²) >= 11 is 0. The molecule has 3 aromatic rings. The first-order chi connectivity index (χ1) is 12.0. The number of aromatic amines is 1. The van der Waals surface area contributed by atoms with Gasteiger partial charge in [-0.2, -0.15) is 0 Å². The average molecular weight is 331 g/mol. The molecule has 3 aromatic heterocycles. The van der Waals surface area contributed by atoms with Crippen molar-refractivity contribution in [3.63, 3.8) is 0 Å². The molecule has 25 heavy (non-hydrogen) atoms. The summed E-state index contributed by atoms with van der Waals surface area (Å²) in [5, 5.41) is 0. The number of nitrogens with zero attached hydrogens (tertiary/aromatic N) is 2. The number of rotatable bonds is 3. The van der Waals surface area contributed by atoms with Gasteiger partial charge in [-0.05, 0) is 41.2 Å². The van der Waals surface area contributed by atoms with Gasteiger partial charge in [-0.25, -0.2) is 0 Å². The van der Waals surface area contributed by atoms with Crippen LogP contribution in [-0.4, -0.2) is 20.7 Å². The number of carbonyl (C=O) groups is 1. The van der Waals surface area contributed by atoms with Crippen molar-refractivity contribution >= 4 is 5.78 Å². The molecule has 1 aliphatic carbocycles. The highest BCUT2D eigenvalue weighted by Gasteiger charge is 2.35. The topological polar surface area (TPSA) is 58.6 Å². The number of ketones is 1. The van der Waals surface area contributed by atoms with Gasteiger partial charge in [0, 0.05) is 54.4 Å². The van der Waals surface area contributed by atoms with Crippen LogP contribution >= 0.6 is 0 Å². The number of nitrogens with one attached hydrogen (secondary N) is 1. The van der Waals surface area contributed by atoms with E-state index in [-0.39, 0.29) is 11.2 Å². The zero-order valence-electron chi connectivity index (χ0n) is 14.5. The lowest BCUT2D eigenvalue weighted by Crippen LogP contribution is -2.27. The van der Waals surface area contributed by atoms with Gasteiger partial charge in [0.25, 0.3) is 0 Å². The van der Waals surface area contributed by atoms with Crippen LogP contribution in [0.3, 0.4) is 0 Å². The summed E-state index contributed by atoms with van der Waals surface area (Å²) in [5.74, 6) is 0.238. The van der Waals surface area contributed by atoms with E-state index in [9.17, 15) is 4.79 Å². The van der Waals surface area contributed by atoms with Gasteiger partial charge in [-0.15, -0.1) is 0 Å². The Hall–Kier alpha value is -2.75. The number of fused-ring (bicyclic) bond motifs is 1. The van der Waals surface area contributed by atoms with Crippen molar-refractivity contribution in [2.45, 2.75) is 33.1 Å². The Morgan fingerprint density at radius 2 is 1.88 bits per heavy atom. The molecule has 0 bridgehead atoms. The zero-order chi connectivity index (χ0) is 17.4. The number of aromatic nitrogens is 3. The van der Waals surface area contributed by atoms with Crippen molar-refractivity contribution in [1.29, 1.82) is 0 Å². The molecule has 0 radical (unpaired) electrons. The maximum absolute atomic E-state index is 12.9. The largest absolute Gasteiger partial charge is 0.358 e. The van der Waals surface area contributed by atoms with Gasteiger partial charge < -0.3 is 4.98 Å². The normalized spacial score (nSPS) is 15.8. The molecule has 0 aliphatic heterocycles. The van der Waals surface area contributed by atoms with E-state index in [1.54, 1.807) is 18.6 Å². The standard InChI is InChI=1S/C21H21N3O/c1-21(2)11-17-19(18(25)12-21)16(10-14-4-3-7-23-13-14)20(24-17)15-5-8-22-9-6-15/h3-9,13,24H,10-12H2,1-2H3. The van der Waals surface area contributed by atoms with Gasteiger partial charge in [0.2, 0.25) is 0 Å². The molecule has 0 saturated heterocycles. The second-order valence-electron chi connectivity index (χ2n) is 7.55. The lowest BCUT2D eigenvalue weighted by Gasteiger charge is -2.28. The van der Waals surface area contributed by atoms with Crippen LogP contribution in [0.25, 0.3) is 11.3 Å². The fourth-order valence-electron chi connectivity index (χ4n) is 3.78. The molecule has 3 heterocycles. The van der Waals surface area contributed by atoms with Crippen LogP contribution in [0, 0.1) is 5.41 Å². The molecule has 0 aromatic carbocycles. The Bertz CT molecular complexity index is 911. The molecule has 1 N–H and O–H groups in total. The van der Waals surface area contributed by atoms with Gasteiger partial charge in [0.1, 0.15) is 0 Å². The fraction of sp³-hybridized carbons (Fsp3) is 0.286. The molecule has 4 rings (SSSR count). The van der Waals surface area contributed by atoms with Gasteiger partial charge >= 0.3 is 0 Å². The number of hydrogen-bond acceptors (Lipinski definition) is 3. The van der Waals surface area contributed by atoms with Crippen molar-refractivity contribution in [2.75, 3.05) is 0 Å². The van der Waals surface area contributed by atoms with Gasteiger partial charge in [-0.3, -0.25) is 14.8 Å². The minimum Gasteiger partial charge on any atom is -0.358 e. The fourth-order valence-corrected chi connectivity index (χ4v) is 3.78.